The average Bonchev–Trinajstić information content (AvgIpc) is 2.72. The Labute approximate surface area is 112 Å². The van der Waals surface area contributed by atoms with Crippen LogP contribution in [0.2, 0.25) is 10.0 Å². The van der Waals surface area contributed by atoms with E-state index in [1.165, 1.54) is 17.8 Å². The van der Waals surface area contributed by atoms with E-state index in [1.54, 1.807) is 11.4 Å². The second-order valence-electron chi connectivity index (χ2n) is 3.70. The number of hydrogen-bond acceptors (Lipinski definition) is 4. The molecule has 1 saturated heterocycles. The molecule has 4 nitrogen and oxygen atoms in total. The molecule has 0 aliphatic carbocycles. The summed E-state index contributed by atoms with van der Waals surface area (Å²) >= 11 is 13.1. The van der Waals surface area contributed by atoms with Crippen molar-refractivity contribution < 1.29 is 20.3 Å². The number of carbonyl (C=O) groups is 1. The number of carboxylic acid groups (broad SMARTS) is 1. The Morgan fingerprint density at radius 1 is 1.53 bits per heavy atom. The normalized spacial score (nSPS) is 23.9. The molecule has 2 rings (SSSR count). The number of benzene rings is 1. The van der Waals surface area contributed by atoms with Crippen molar-refractivity contribution in [1.29, 1.82) is 0 Å². The Bertz CT molecular complexity index is 469. The molecular formula is C10H9Cl2NO3S. The Morgan fingerprint density at radius 3 is 2.82 bits per heavy atom. The molecule has 1 aliphatic rings. The van der Waals surface area contributed by atoms with Gasteiger partial charge in [-0.3, -0.25) is 0 Å². The molecule has 2 atom stereocenters. The first-order valence-corrected chi connectivity index (χ1v) is 6.65. The summed E-state index contributed by atoms with van der Waals surface area (Å²) in [7, 11) is 0. The van der Waals surface area contributed by atoms with Gasteiger partial charge >= 0.3 is 0 Å². The highest BCUT2D eigenvalue weighted by atomic mass is 35.5. The molecule has 17 heavy (non-hydrogen) atoms. The maximum absolute atomic E-state index is 10.7. The van der Waals surface area contributed by atoms with Crippen molar-refractivity contribution in [2.75, 3.05) is 5.75 Å². The first kappa shape index (κ1) is 12.8. The maximum Gasteiger partial charge on any atom is 0.163 e. The summed E-state index contributed by atoms with van der Waals surface area (Å²) in [6.07, 6.45) is 0. The molecule has 0 radical (unpaired) electrons. The lowest BCUT2D eigenvalue weighted by Crippen LogP contribution is -2.90. The van der Waals surface area contributed by atoms with E-state index in [1.807, 2.05) is 0 Å². The van der Waals surface area contributed by atoms with Gasteiger partial charge in [0, 0.05) is 5.02 Å². The highest BCUT2D eigenvalue weighted by Crippen LogP contribution is 2.38. The zero-order valence-corrected chi connectivity index (χ0v) is 10.9. The summed E-state index contributed by atoms with van der Waals surface area (Å²) in [5.74, 6) is -0.729. The monoisotopic (exact) mass is 293 g/mol. The van der Waals surface area contributed by atoms with E-state index in [0.29, 0.717) is 16.3 Å². The topological polar surface area (TPSA) is 77.0 Å². The maximum atomic E-state index is 10.7. The number of hydrogen-bond donors (Lipinski definition) is 2. The lowest BCUT2D eigenvalue weighted by molar-refractivity contribution is -0.690. The van der Waals surface area contributed by atoms with Crippen LogP contribution < -0.4 is 10.4 Å². The summed E-state index contributed by atoms with van der Waals surface area (Å²) in [5.41, 5.74) is 0.538. The van der Waals surface area contributed by atoms with Gasteiger partial charge in [-0.05, 0) is 12.1 Å². The quantitative estimate of drug-likeness (QED) is 0.812. The van der Waals surface area contributed by atoms with Gasteiger partial charge in [-0.1, -0.05) is 35.0 Å². The third-order valence-corrected chi connectivity index (χ3v) is 4.36. The third kappa shape index (κ3) is 2.63. The van der Waals surface area contributed by atoms with E-state index in [0.717, 1.165) is 0 Å². The SMILES string of the molecule is O=C([O-])C1CSC(c2cc(Cl)cc(Cl)c2O)[NH2+]1. The van der Waals surface area contributed by atoms with Crippen molar-refractivity contribution in [3.63, 3.8) is 0 Å². The van der Waals surface area contributed by atoms with Gasteiger partial charge in [0.25, 0.3) is 0 Å². The Hall–Kier alpha value is -0.620. The molecule has 2 unspecified atom stereocenters. The summed E-state index contributed by atoms with van der Waals surface area (Å²) in [4.78, 5) is 10.7. The van der Waals surface area contributed by atoms with Gasteiger partial charge in [-0.15, -0.1) is 0 Å². The lowest BCUT2D eigenvalue weighted by atomic mass is 10.2. The average molecular weight is 294 g/mol. The van der Waals surface area contributed by atoms with Crippen molar-refractivity contribution >= 4 is 40.9 Å². The van der Waals surface area contributed by atoms with Gasteiger partial charge in [0.15, 0.2) is 5.37 Å². The molecule has 0 bridgehead atoms. The second kappa shape index (κ2) is 4.94. The highest BCUT2D eigenvalue weighted by molar-refractivity contribution is 7.99. The predicted octanol–water partition coefficient (Wildman–Crippen LogP) is 0.126. The molecule has 1 fully saturated rings. The minimum absolute atomic E-state index is 0.0520. The third-order valence-electron chi connectivity index (χ3n) is 2.53. The van der Waals surface area contributed by atoms with Gasteiger partial charge in [0.2, 0.25) is 0 Å². The fourth-order valence-electron chi connectivity index (χ4n) is 1.67. The van der Waals surface area contributed by atoms with Crippen LogP contribution in [0, 0.1) is 0 Å². The van der Waals surface area contributed by atoms with E-state index >= 15 is 0 Å². The van der Waals surface area contributed by atoms with Gasteiger partial charge in [0.05, 0.1) is 16.3 Å². The number of nitrogens with two attached hydrogens (primary N) is 1. The van der Waals surface area contributed by atoms with Crippen LogP contribution in [-0.2, 0) is 4.79 Å². The number of rotatable bonds is 2. The van der Waals surface area contributed by atoms with Gasteiger partial charge < -0.3 is 20.3 Å². The van der Waals surface area contributed by atoms with Crippen molar-refractivity contribution in [1.82, 2.24) is 0 Å². The number of aliphatic carboxylic acids is 1. The zero-order chi connectivity index (χ0) is 12.6. The number of phenolic OH excluding ortho intramolecular Hbond substituents is 1. The van der Waals surface area contributed by atoms with Crippen LogP contribution in [0.4, 0.5) is 0 Å². The lowest BCUT2D eigenvalue weighted by Gasteiger charge is -2.13. The molecule has 0 amide bonds. The summed E-state index contributed by atoms with van der Waals surface area (Å²) in [6, 6.07) is 2.43. The Morgan fingerprint density at radius 2 is 2.24 bits per heavy atom. The number of phenols is 1. The molecule has 0 saturated carbocycles. The zero-order valence-electron chi connectivity index (χ0n) is 8.52. The minimum atomic E-state index is -1.10. The van der Waals surface area contributed by atoms with Crippen LogP contribution in [-0.4, -0.2) is 22.9 Å². The van der Waals surface area contributed by atoms with Gasteiger partial charge in [0.1, 0.15) is 17.8 Å². The van der Waals surface area contributed by atoms with E-state index in [4.69, 9.17) is 23.2 Å². The number of aromatic hydroxyl groups is 1. The summed E-state index contributed by atoms with van der Waals surface area (Å²) < 4.78 is 0. The van der Waals surface area contributed by atoms with Crippen molar-refractivity contribution in [3.05, 3.63) is 27.7 Å². The highest BCUT2D eigenvalue weighted by Gasteiger charge is 2.33. The Balaban J connectivity index is 2.27. The number of carbonyl (C=O) groups excluding carboxylic acids is 1. The van der Waals surface area contributed by atoms with Crippen LogP contribution in [0.15, 0.2) is 12.1 Å². The number of thioether (sulfide) groups is 1. The molecule has 3 N–H and O–H groups in total. The number of quaternary nitrogens is 1. The van der Waals surface area contributed by atoms with Crippen LogP contribution in [0.25, 0.3) is 0 Å². The molecule has 0 spiro atoms. The van der Waals surface area contributed by atoms with Crippen LogP contribution in [0.3, 0.4) is 0 Å². The second-order valence-corrected chi connectivity index (χ2v) is 5.72. The largest absolute Gasteiger partial charge is 0.544 e. The van der Waals surface area contributed by atoms with Crippen LogP contribution in [0.5, 0.6) is 5.75 Å². The standard InChI is InChI=1S/C10H9Cl2NO3S/c11-4-1-5(8(14)6(12)2-4)9-13-7(3-17-9)10(15)16/h1-2,7,9,13-14H,3H2,(H,15,16). The van der Waals surface area contributed by atoms with E-state index in [2.05, 4.69) is 0 Å². The minimum Gasteiger partial charge on any atom is -0.544 e. The molecule has 1 heterocycles. The van der Waals surface area contributed by atoms with Crippen LogP contribution in [0.1, 0.15) is 10.9 Å². The van der Waals surface area contributed by atoms with E-state index < -0.39 is 12.0 Å². The molecule has 7 heteroatoms. The molecule has 1 aromatic carbocycles. The van der Waals surface area contributed by atoms with Crippen molar-refractivity contribution in [2.24, 2.45) is 0 Å². The number of carboxylic acids is 1. The van der Waals surface area contributed by atoms with Gasteiger partial charge in [-0.2, -0.15) is 0 Å². The summed E-state index contributed by atoms with van der Waals surface area (Å²) in [5, 5.41) is 22.5. The van der Waals surface area contributed by atoms with Crippen LogP contribution >= 0.6 is 35.0 Å². The molecular weight excluding hydrogens is 285 g/mol. The fourth-order valence-corrected chi connectivity index (χ4v) is 3.50. The molecule has 1 aromatic rings. The molecule has 92 valence electrons. The van der Waals surface area contributed by atoms with Crippen molar-refractivity contribution in [2.45, 2.75) is 11.4 Å². The van der Waals surface area contributed by atoms with E-state index in [-0.39, 0.29) is 16.1 Å². The summed E-state index contributed by atoms with van der Waals surface area (Å²) in [6.45, 7) is 0. The molecule has 1 aliphatic heterocycles. The smallest absolute Gasteiger partial charge is 0.163 e. The number of halogens is 2. The first-order chi connectivity index (χ1) is 7.99. The Kier molecular flexibility index (Phi) is 3.73. The van der Waals surface area contributed by atoms with E-state index in [9.17, 15) is 15.0 Å². The first-order valence-electron chi connectivity index (χ1n) is 4.84. The van der Waals surface area contributed by atoms with Gasteiger partial charge in [-0.25, -0.2) is 0 Å². The predicted molar refractivity (Wildman–Crippen MR) is 64.0 cm³/mol. The molecule has 0 aromatic heterocycles. The fraction of sp³-hybridized carbons (Fsp3) is 0.300. The van der Waals surface area contributed by atoms with Crippen molar-refractivity contribution in [3.8, 4) is 5.75 Å².